The molecule has 0 aliphatic heterocycles. The Bertz CT molecular complexity index is 577. The molecular formula is C14H15BrClN3O. The third kappa shape index (κ3) is 3.70. The monoisotopic (exact) mass is 355 g/mol. The normalized spacial score (nSPS) is 12.2. The molecule has 0 saturated carbocycles. The Balaban J connectivity index is 2.26. The van der Waals surface area contributed by atoms with E-state index in [9.17, 15) is 0 Å². The van der Waals surface area contributed by atoms with Crippen LogP contribution in [0.2, 0.25) is 5.02 Å². The van der Waals surface area contributed by atoms with E-state index in [0.717, 1.165) is 21.5 Å². The summed E-state index contributed by atoms with van der Waals surface area (Å²) in [7, 11) is 1.63. The molecule has 0 radical (unpaired) electrons. The van der Waals surface area contributed by atoms with Crippen LogP contribution in [0.25, 0.3) is 0 Å². The van der Waals surface area contributed by atoms with Crippen molar-refractivity contribution in [2.24, 2.45) is 5.84 Å². The van der Waals surface area contributed by atoms with Crippen molar-refractivity contribution in [2.45, 2.75) is 12.5 Å². The molecule has 1 heterocycles. The molecule has 0 fully saturated rings. The van der Waals surface area contributed by atoms with E-state index in [1.54, 1.807) is 19.4 Å². The Labute approximate surface area is 131 Å². The summed E-state index contributed by atoms with van der Waals surface area (Å²) in [6.07, 6.45) is 2.38. The molecule has 1 aromatic heterocycles. The van der Waals surface area contributed by atoms with Crippen LogP contribution in [0.15, 0.2) is 41.0 Å². The van der Waals surface area contributed by atoms with Crippen LogP contribution in [0.5, 0.6) is 5.75 Å². The standard InChI is InChI=1S/C14H15BrClN3O/c1-20-14-5-3-11(16)6-9(14)7-13(19-17)12-4-2-10(15)8-18-12/h2-6,8,13,19H,7,17H2,1H3. The largest absolute Gasteiger partial charge is 0.496 e. The van der Waals surface area contributed by atoms with Crippen LogP contribution in [-0.4, -0.2) is 12.1 Å². The first-order valence-corrected chi connectivity index (χ1v) is 7.21. The van der Waals surface area contributed by atoms with Crippen molar-refractivity contribution in [1.29, 1.82) is 0 Å². The number of hydrogen-bond donors (Lipinski definition) is 2. The number of nitrogens with two attached hydrogens (primary N) is 1. The molecule has 2 rings (SSSR count). The number of halogens is 2. The molecule has 0 bridgehead atoms. The van der Waals surface area contributed by atoms with Crippen LogP contribution >= 0.6 is 27.5 Å². The third-order valence-electron chi connectivity index (χ3n) is 2.97. The van der Waals surface area contributed by atoms with Crippen LogP contribution in [-0.2, 0) is 6.42 Å². The fraction of sp³-hybridized carbons (Fsp3) is 0.214. The van der Waals surface area contributed by atoms with E-state index >= 15 is 0 Å². The van der Waals surface area contributed by atoms with E-state index in [4.69, 9.17) is 22.2 Å². The quantitative estimate of drug-likeness (QED) is 0.638. The van der Waals surface area contributed by atoms with Crippen molar-refractivity contribution in [2.75, 3.05) is 7.11 Å². The lowest BCUT2D eigenvalue weighted by Gasteiger charge is -2.17. The van der Waals surface area contributed by atoms with Crippen molar-refractivity contribution in [1.82, 2.24) is 10.4 Å². The van der Waals surface area contributed by atoms with Crippen LogP contribution in [0.1, 0.15) is 17.3 Å². The average molecular weight is 357 g/mol. The number of nitrogens with zero attached hydrogens (tertiary/aromatic N) is 1. The van der Waals surface area contributed by atoms with Gasteiger partial charge in [0.2, 0.25) is 0 Å². The molecule has 3 N–H and O–H groups in total. The Kier molecular flexibility index (Phi) is 5.37. The van der Waals surface area contributed by atoms with E-state index in [2.05, 4.69) is 26.3 Å². The van der Waals surface area contributed by atoms with E-state index in [1.807, 2.05) is 24.3 Å². The van der Waals surface area contributed by atoms with Gasteiger partial charge in [0, 0.05) is 15.7 Å². The van der Waals surface area contributed by atoms with Crippen molar-refractivity contribution in [3.8, 4) is 5.75 Å². The molecule has 1 unspecified atom stereocenters. The molecule has 4 nitrogen and oxygen atoms in total. The van der Waals surface area contributed by atoms with Crippen LogP contribution in [0, 0.1) is 0 Å². The first-order valence-electron chi connectivity index (χ1n) is 6.04. The first-order chi connectivity index (χ1) is 9.63. The zero-order chi connectivity index (χ0) is 14.5. The summed E-state index contributed by atoms with van der Waals surface area (Å²) in [4.78, 5) is 4.36. The lowest BCUT2D eigenvalue weighted by atomic mass is 10.0. The minimum absolute atomic E-state index is 0.115. The maximum Gasteiger partial charge on any atom is 0.122 e. The van der Waals surface area contributed by atoms with Crippen molar-refractivity contribution in [3.05, 3.63) is 57.3 Å². The van der Waals surface area contributed by atoms with Crippen LogP contribution < -0.4 is 16.0 Å². The fourth-order valence-corrected chi connectivity index (χ4v) is 2.40. The topological polar surface area (TPSA) is 60.2 Å². The molecule has 2 aromatic rings. The second-order valence-electron chi connectivity index (χ2n) is 4.28. The number of ether oxygens (including phenoxy) is 1. The average Bonchev–Trinajstić information content (AvgIpc) is 2.46. The zero-order valence-electron chi connectivity index (χ0n) is 10.9. The summed E-state index contributed by atoms with van der Waals surface area (Å²) in [6.45, 7) is 0. The second-order valence-corrected chi connectivity index (χ2v) is 5.63. The number of hydrogen-bond acceptors (Lipinski definition) is 4. The molecule has 0 aliphatic carbocycles. The highest BCUT2D eigenvalue weighted by molar-refractivity contribution is 9.10. The SMILES string of the molecule is COc1ccc(Cl)cc1CC(NN)c1ccc(Br)cn1. The van der Waals surface area contributed by atoms with Gasteiger partial charge in [-0.1, -0.05) is 11.6 Å². The van der Waals surface area contributed by atoms with Gasteiger partial charge in [-0.15, -0.1) is 0 Å². The summed E-state index contributed by atoms with van der Waals surface area (Å²) < 4.78 is 6.27. The molecular weight excluding hydrogens is 342 g/mol. The molecule has 0 aliphatic rings. The maximum absolute atomic E-state index is 6.04. The number of nitrogens with one attached hydrogen (secondary N) is 1. The number of methoxy groups -OCH3 is 1. The Morgan fingerprint density at radius 1 is 1.40 bits per heavy atom. The third-order valence-corrected chi connectivity index (χ3v) is 3.68. The van der Waals surface area contributed by atoms with E-state index in [0.29, 0.717) is 11.4 Å². The lowest BCUT2D eigenvalue weighted by molar-refractivity contribution is 0.405. The molecule has 20 heavy (non-hydrogen) atoms. The molecule has 0 saturated heterocycles. The molecule has 6 heteroatoms. The molecule has 1 aromatic carbocycles. The number of pyridine rings is 1. The van der Waals surface area contributed by atoms with E-state index < -0.39 is 0 Å². The van der Waals surface area contributed by atoms with Gasteiger partial charge in [0.05, 0.1) is 18.8 Å². The van der Waals surface area contributed by atoms with Gasteiger partial charge in [0.25, 0.3) is 0 Å². The van der Waals surface area contributed by atoms with Gasteiger partial charge in [0.15, 0.2) is 0 Å². The highest BCUT2D eigenvalue weighted by Gasteiger charge is 2.15. The van der Waals surface area contributed by atoms with Gasteiger partial charge < -0.3 is 4.74 Å². The lowest BCUT2D eigenvalue weighted by Crippen LogP contribution is -2.30. The summed E-state index contributed by atoms with van der Waals surface area (Å²) in [5, 5.41) is 0.667. The van der Waals surface area contributed by atoms with Gasteiger partial charge in [-0.3, -0.25) is 16.3 Å². The van der Waals surface area contributed by atoms with Gasteiger partial charge in [-0.05, 0) is 58.2 Å². The maximum atomic E-state index is 6.04. The van der Waals surface area contributed by atoms with Gasteiger partial charge in [-0.2, -0.15) is 0 Å². The van der Waals surface area contributed by atoms with Crippen LogP contribution in [0.4, 0.5) is 0 Å². The minimum Gasteiger partial charge on any atom is -0.496 e. The molecule has 106 valence electrons. The fourth-order valence-electron chi connectivity index (χ4n) is 1.97. The number of hydrazine groups is 1. The minimum atomic E-state index is -0.115. The van der Waals surface area contributed by atoms with Gasteiger partial charge in [-0.25, -0.2) is 0 Å². The predicted octanol–water partition coefficient (Wildman–Crippen LogP) is 3.25. The van der Waals surface area contributed by atoms with E-state index in [-0.39, 0.29) is 6.04 Å². The smallest absolute Gasteiger partial charge is 0.122 e. The summed E-state index contributed by atoms with van der Waals surface area (Å²) >= 11 is 9.40. The Hall–Kier alpha value is -1.14. The molecule has 0 amide bonds. The number of benzene rings is 1. The summed E-state index contributed by atoms with van der Waals surface area (Å²) in [5.41, 5.74) is 4.62. The van der Waals surface area contributed by atoms with E-state index in [1.165, 1.54) is 0 Å². The summed E-state index contributed by atoms with van der Waals surface area (Å²) in [6, 6.07) is 9.26. The van der Waals surface area contributed by atoms with Crippen molar-refractivity contribution >= 4 is 27.5 Å². The van der Waals surface area contributed by atoms with Crippen molar-refractivity contribution in [3.63, 3.8) is 0 Å². The first kappa shape index (κ1) is 15.3. The highest BCUT2D eigenvalue weighted by atomic mass is 79.9. The van der Waals surface area contributed by atoms with Gasteiger partial charge in [0.1, 0.15) is 5.75 Å². The van der Waals surface area contributed by atoms with Gasteiger partial charge >= 0.3 is 0 Å². The predicted molar refractivity (Wildman–Crippen MR) is 83.7 cm³/mol. The Morgan fingerprint density at radius 2 is 2.20 bits per heavy atom. The molecule has 0 spiro atoms. The highest BCUT2D eigenvalue weighted by Crippen LogP contribution is 2.27. The zero-order valence-corrected chi connectivity index (χ0v) is 13.3. The Morgan fingerprint density at radius 3 is 2.80 bits per heavy atom. The molecule has 1 atom stereocenters. The second kappa shape index (κ2) is 7.04. The summed E-state index contributed by atoms with van der Waals surface area (Å²) in [5.74, 6) is 6.43. The number of aromatic nitrogens is 1. The van der Waals surface area contributed by atoms with Crippen LogP contribution in [0.3, 0.4) is 0 Å². The van der Waals surface area contributed by atoms with Crippen molar-refractivity contribution < 1.29 is 4.74 Å². The number of rotatable bonds is 5.